The number of carbonyl (C=O) groups is 2. The SMILES string of the molecule is COc1c(C)cc(CC(N)C(=O)O)c(/C=C/C(=O)O)c1C. The van der Waals surface area contributed by atoms with E-state index in [1.807, 2.05) is 6.92 Å². The molecule has 0 aromatic heterocycles. The van der Waals surface area contributed by atoms with E-state index in [1.54, 1.807) is 13.0 Å². The van der Waals surface area contributed by atoms with Gasteiger partial charge in [0.25, 0.3) is 0 Å². The van der Waals surface area contributed by atoms with Gasteiger partial charge in [-0.05, 0) is 48.6 Å². The third kappa shape index (κ3) is 4.06. The molecule has 1 aromatic carbocycles. The first-order chi connectivity index (χ1) is 9.77. The molecule has 21 heavy (non-hydrogen) atoms. The van der Waals surface area contributed by atoms with Crippen molar-refractivity contribution in [1.29, 1.82) is 0 Å². The van der Waals surface area contributed by atoms with Gasteiger partial charge in [0, 0.05) is 6.08 Å². The summed E-state index contributed by atoms with van der Waals surface area (Å²) >= 11 is 0. The first-order valence-electron chi connectivity index (χ1n) is 6.34. The van der Waals surface area contributed by atoms with Gasteiger partial charge in [-0.15, -0.1) is 0 Å². The van der Waals surface area contributed by atoms with E-state index in [4.69, 9.17) is 20.7 Å². The van der Waals surface area contributed by atoms with Crippen LogP contribution in [0.1, 0.15) is 22.3 Å². The molecule has 114 valence electrons. The highest BCUT2D eigenvalue weighted by Crippen LogP contribution is 2.30. The Bertz CT molecular complexity index is 592. The highest BCUT2D eigenvalue weighted by atomic mass is 16.5. The summed E-state index contributed by atoms with van der Waals surface area (Å²) in [6.45, 7) is 3.63. The molecule has 0 fully saturated rings. The van der Waals surface area contributed by atoms with Crippen LogP contribution in [-0.4, -0.2) is 35.3 Å². The molecule has 0 aliphatic rings. The van der Waals surface area contributed by atoms with Crippen LogP contribution in [-0.2, 0) is 16.0 Å². The number of nitrogens with two attached hydrogens (primary N) is 1. The second kappa shape index (κ2) is 6.90. The minimum Gasteiger partial charge on any atom is -0.496 e. The van der Waals surface area contributed by atoms with Crippen LogP contribution in [0.25, 0.3) is 6.08 Å². The average Bonchev–Trinajstić information content (AvgIpc) is 2.37. The normalized spacial score (nSPS) is 12.4. The van der Waals surface area contributed by atoms with Gasteiger partial charge < -0.3 is 20.7 Å². The Labute approximate surface area is 122 Å². The quantitative estimate of drug-likeness (QED) is 0.683. The predicted molar refractivity (Wildman–Crippen MR) is 78.5 cm³/mol. The fourth-order valence-corrected chi connectivity index (χ4v) is 2.26. The molecule has 0 spiro atoms. The van der Waals surface area contributed by atoms with Gasteiger partial charge in [-0.3, -0.25) is 4.79 Å². The first kappa shape index (κ1) is 16.7. The van der Waals surface area contributed by atoms with E-state index in [0.717, 1.165) is 17.2 Å². The van der Waals surface area contributed by atoms with Gasteiger partial charge in [-0.2, -0.15) is 0 Å². The summed E-state index contributed by atoms with van der Waals surface area (Å²) in [5.74, 6) is -1.54. The first-order valence-corrected chi connectivity index (χ1v) is 6.34. The molecule has 0 saturated heterocycles. The lowest BCUT2D eigenvalue weighted by atomic mass is 9.93. The van der Waals surface area contributed by atoms with Crippen LogP contribution in [0.4, 0.5) is 0 Å². The van der Waals surface area contributed by atoms with Crippen LogP contribution < -0.4 is 10.5 Å². The van der Waals surface area contributed by atoms with Crippen LogP contribution in [0.3, 0.4) is 0 Å². The number of hydrogen-bond donors (Lipinski definition) is 3. The highest BCUT2D eigenvalue weighted by molar-refractivity contribution is 5.86. The van der Waals surface area contributed by atoms with Crippen molar-refractivity contribution in [2.75, 3.05) is 7.11 Å². The summed E-state index contributed by atoms with van der Waals surface area (Å²) < 4.78 is 5.30. The average molecular weight is 293 g/mol. The van der Waals surface area contributed by atoms with Crippen molar-refractivity contribution in [2.24, 2.45) is 5.73 Å². The van der Waals surface area contributed by atoms with Crippen LogP contribution in [0.15, 0.2) is 12.1 Å². The van der Waals surface area contributed by atoms with Crippen molar-refractivity contribution in [1.82, 2.24) is 0 Å². The molecular weight excluding hydrogens is 274 g/mol. The fourth-order valence-electron chi connectivity index (χ4n) is 2.26. The van der Waals surface area contributed by atoms with Crippen molar-refractivity contribution in [3.63, 3.8) is 0 Å². The third-order valence-corrected chi connectivity index (χ3v) is 3.19. The van der Waals surface area contributed by atoms with E-state index >= 15 is 0 Å². The molecule has 0 radical (unpaired) electrons. The van der Waals surface area contributed by atoms with E-state index in [2.05, 4.69) is 0 Å². The van der Waals surface area contributed by atoms with E-state index in [9.17, 15) is 9.59 Å². The van der Waals surface area contributed by atoms with Crippen molar-refractivity contribution >= 4 is 18.0 Å². The van der Waals surface area contributed by atoms with E-state index in [0.29, 0.717) is 16.9 Å². The van der Waals surface area contributed by atoms with Gasteiger partial charge in [0.15, 0.2) is 0 Å². The smallest absolute Gasteiger partial charge is 0.328 e. The third-order valence-electron chi connectivity index (χ3n) is 3.19. The molecule has 1 aromatic rings. The molecule has 0 aliphatic heterocycles. The van der Waals surface area contributed by atoms with E-state index in [1.165, 1.54) is 13.2 Å². The molecule has 1 atom stereocenters. The molecule has 6 heteroatoms. The Morgan fingerprint density at radius 2 is 2.00 bits per heavy atom. The predicted octanol–water partition coefficient (Wildman–Crippen LogP) is 1.36. The molecular formula is C15H19NO5. The summed E-state index contributed by atoms with van der Waals surface area (Å²) in [5, 5.41) is 17.7. The number of hydrogen-bond acceptors (Lipinski definition) is 4. The van der Waals surface area contributed by atoms with E-state index in [-0.39, 0.29) is 6.42 Å². The van der Waals surface area contributed by atoms with Crippen LogP contribution in [0, 0.1) is 13.8 Å². The van der Waals surface area contributed by atoms with Gasteiger partial charge in [0.2, 0.25) is 0 Å². The standard InChI is InChI=1S/C15H19NO5/c1-8-6-10(7-12(16)15(19)20)11(4-5-13(17)18)9(2)14(8)21-3/h4-6,12H,7,16H2,1-3H3,(H,17,18)(H,19,20)/b5-4+. The van der Waals surface area contributed by atoms with Crippen molar-refractivity contribution in [3.05, 3.63) is 34.4 Å². The zero-order chi connectivity index (χ0) is 16.2. The number of aliphatic carboxylic acids is 2. The van der Waals surface area contributed by atoms with Gasteiger partial charge in [0.1, 0.15) is 11.8 Å². The Morgan fingerprint density at radius 1 is 1.38 bits per heavy atom. The van der Waals surface area contributed by atoms with Crippen LogP contribution in [0.5, 0.6) is 5.75 Å². The topological polar surface area (TPSA) is 110 Å². The minimum atomic E-state index is -1.10. The Kier molecular flexibility index (Phi) is 5.49. The van der Waals surface area contributed by atoms with Gasteiger partial charge in [-0.1, -0.05) is 6.07 Å². The highest BCUT2D eigenvalue weighted by Gasteiger charge is 2.18. The number of rotatable bonds is 6. The van der Waals surface area contributed by atoms with Crippen LogP contribution >= 0.6 is 0 Å². The number of aryl methyl sites for hydroxylation is 1. The largest absolute Gasteiger partial charge is 0.496 e. The molecule has 4 N–H and O–H groups in total. The number of methoxy groups -OCH3 is 1. The summed E-state index contributed by atoms with van der Waals surface area (Å²) in [6, 6.07) is 0.727. The number of ether oxygens (including phenoxy) is 1. The molecule has 1 rings (SSSR count). The molecule has 0 bridgehead atoms. The molecule has 1 unspecified atom stereocenters. The molecule has 0 aliphatic carbocycles. The fraction of sp³-hybridized carbons (Fsp3) is 0.333. The summed E-state index contributed by atoms with van der Waals surface area (Å²) in [7, 11) is 1.53. The zero-order valence-electron chi connectivity index (χ0n) is 12.2. The van der Waals surface area contributed by atoms with Crippen molar-refractivity contribution < 1.29 is 24.5 Å². The Hall–Kier alpha value is -2.34. The number of carboxylic acids is 2. The minimum absolute atomic E-state index is 0.111. The van der Waals surface area contributed by atoms with E-state index < -0.39 is 18.0 Å². The number of benzene rings is 1. The molecule has 6 nitrogen and oxygen atoms in total. The molecule has 0 amide bonds. The Morgan fingerprint density at radius 3 is 2.48 bits per heavy atom. The van der Waals surface area contributed by atoms with Crippen molar-refractivity contribution in [3.8, 4) is 5.75 Å². The Balaban J connectivity index is 3.39. The van der Waals surface area contributed by atoms with Crippen LogP contribution in [0.2, 0.25) is 0 Å². The van der Waals surface area contributed by atoms with Crippen molar-refractivity contribution in [2.45, 2.75) is 26.3 Å². The number of carboxylic acid groups (broad SMARTS) is 2. The molecule has 0 heterocycles. The maximum Gasteiger partial charge on any atom is 0.328 e. The summed E-state index contributed by atoms with van der Waals surface area (Å²) in [4.78, 5) is 21.6. The lowest BCUT2D eigenvalue weighted by Gasteiger charge is -2.17. The monoisotopic (exact) mass is 293 g/mol. The van der Waals surface area contributed by atoms with Gasteiger partial charge in [0.05, 0.1) is 7.11 Å². The lowest BCUT2D eigenvalue weighted by molar-refractivity contribution is -0.138. The summed E-state index contributed by atoms with van der Waals surface area (Å²) in [5.41, 5.74) is 8.47. The maximum absolute atomic E-state index is 10.9. The lowest BCUT2D eigenvalue weighted by Crippen LogP contribution is -2.32. The summed E-state index contributed by atoms with van der Waals surface area (Å²) in [6.07, 6.45) is 2.55. The van der Waals surface area contributed by atoms with Gasteiger partial charge in [-0.25, -0.2) is 4.79 Å². The second-order valence-electron chi connectivity index (χ2n) is 4.74. The maximum atomic E-state index is 10.9. The van der Waals surface area contributed by atoms with Gasteiger partial charge >= 0.3 is 11.9 Å². The zero-order valence-corrected chi connectivity index (χ0v) is 12.2. The molecule has 0 saturated carbocycles. The second-order valence-corrected chi connectivity index (χ2v) is 4.74.